The minimum Gasteiger partial charge on any atom is -0.507 e. The van der Waals surface area contributed by atoms with Crippen LogP contribution in [-0.2, 0) is 11.3 Å². The summed E-state index contributed by atoms with van der Waals surface area (Å²) in [5, 5.41) is 17.3. The van der Waals surface area contributed by atoms with Crippen molar-refractivity contribution in [2.45, 2.75) is 13.5 Å². The van der Waals surface area contributed by atoms with Gasteiger partial charge >= 0.3 is 0 Å². The number of aliphatic imine (C=N–C) groups is 1. The fourth-order valence-electron chi connectivity index (χ4n) is 5.19. The maximum absolute atomic E-state index is 12.7. The molecule has 1 amide bonds. The van der Waals surface area contributed by atoms with Gasteiger partial charge in [-0.2, -0.15) is 0 Å². The van der Waals surface area contributed by atoms with Gasteiger partial charge in [0.15, 0.2) is 0 Å². The van der Waals surface area contributed by atoms with E-state index in [9.17, 15) is 9.90 Å². The maximum Gasteiger partial charge on any atom is 0.255 e. The predicted octanol–water partition coefficient (Wildman–Crippen LogP) is 4.97. The number of aromatic nitrogens is 2. The van der Waals surface area contributed by atoms with Gasteiger partial charge in [-0.1, -0.05) is 47.5 Å². The zero-order valence-electron chi connectivity index (χ0n) is 23.2. The molecule has 1 saturated heterocycles. The summed E-state index contributed by atoms with van der Waals surface area (Å²) in [7, 11) is 0. The van der Waals surface area contributed by atoms with Crippen molar-refractivity contribution in [3.05, 3.63) is 99.7 Å². The van der Waals surface area contributed by atoms with Crippen LogP contribution in [0.4, 0.5) is 11.6 Å². The first kappa shape index (κ1) is 27.8. The highest BCUT2D eigenvalue weighted by Gasteiger charge is 2.23. The third-order valence-corrected chi connectivity index (χ3v) is 7.73. The van der Waals surface area contributed by atoms with Crippen LogP contribution in [0.1, 0.15) is 32.6 Å². The van der Waals surface area contributed by atoms with E-state index in [-0.39, 0.29) is 17.2 Å². The van der Waals surface area contributed by atoms with Crippen molar-refractivity contribution in [3.63, 3.8) is 0 Å². The van der Waals surface area contributed by atoms with Gasteiger partial charge < -0.3 is 20.5 Å². The summed E-state index contributed by atoms with van der Waals surface area (Å²) in [6.07, 6.45) is 1.77. The predicted molar refractivity (Wildman–Crippen MR) is 164 cm³/mol. The molecule has 3 aromatic carbocycles. The van der Waals surface area contributed by atoms with Crippen molar-refractivity contribution in [1.82, 2.24) is 20.2 Å². The maximum atomic E-state index is 12.7. The Morgan fingerprint density at radius 1 is 1.05 bits per heavy atom. The molecule has 0 radical (unpaired) electrons. The number of nitrogens with zero attached hydrogens (tertiary/aromatic N) is 4. The molecular weight excluding hydrogens is 552 g/mol. The number of benzene rings is 3. The molecule has 3 heterocycles. The minimum atomic E-state index is -0.324. The van der Waals surface area contributed by atoms with Gasteiger partial charge in [-0.3, -0.25) is 14.7 Å². The van der Waals surface area contributed by atoms with Crippen LogP contribution in [0.25, 0.3) is 11.3 Å². The summed E-state index contributed by atoms with van der Waals surface area (Å²) in [6, 6.07) is 18.7. The van der Waals surface area contributed by atoms with Crippen LogP contribution in [0, 0.1) is 6.92 Å². The summed E-state index contributed by atoms with van der Waals surface area (Å²) >= 11 is 6.57. The average molecular weight is 583 g/mol. The van der Waals surface area contributed by atoms with Crippen LogP contribution in [0.15, 0.2) is 71.9 Å². The van der Waals surface area contributed by atoms with Crippen LogP contribution in [-0.4, -0.2) is 71.0 Å². The van der Waals surface area contributed by atoms with E-state index in [1.54, 1.807) is 18.3 Å². The van der Waals surface area contributed by atoms with Gasteiger partial charge in [0.25, 0.3) is 5.91 Å². The number of ether oxygens (including phenoxy) is 1. The number of phenols is 1. The number of aromatic hydroxyl groups is 1. The largest absolute Gasteiger partial charge is 0.507 e. The molecule has 42 heavy (non-hydrogen) atoms. The molecule has 2 aliphatic heterocycles. The van der Waals surface area contributed by atoms with Crippen molar-refractivity contribution in [3.8, 4) is 17.0 Å². The quantitative estimate of drug-likeness (QED) is 0.282. The topological polar surface area (TPSA) is 112 Å². The Labute approximate surface area is 249 Å². The molecule has 9 nitrogen and oxygen atoms in total. The first-order chi connectivity index (χ1) is 20.5. The number of carbonyl (C=O) groups is 1. The molecule has 6 rings (SSSR count). The van der Waals surface area contributed by atoms with Gasteiger partial charge in [-0.25, -0.2) is 9.97 Å². The number of rotatable bonds is 7. The van der Waals surface area contributed by atoms with Crippen LogP contribution < -0.4 is 10.6 Å². The summed E-state index contributed by atoms with van der Waals surface area (Å²) in [5.41, 5.74) is 7.10. The van der Waals surface area contributed by atoms with Crippen molar-refractivity contribution in [1.29, 1.82) is 0 Å². The van der Waals surface area contributed by atoms with E-state index in [4.69, 9.17) is 26.3 Å². The lowest BCUT2D eigenvalue weighted by Gasteiger charge is -2.26. The van der Waals surface area contributed by atoms with Crippen LogP contribution in [0.2, 0.25) is 5.02 Å². The number of halogens is 1. The minimum absolute atomic E-state index is 0.128. The van der Waals surface area contributed by atoms with E-state index in [0.717, 1.165) is 58.9 Å². The Hall–Kier alpha value is -4.31. The van der Waals surface area contributed by atoms with E-state index in [1.807, 2.05) is 31.2 Å². The Bertz CT molecular complexity index is 1670. The summed E-state index contributed by atoms with van der Waals surface area (Å²) in [6.45, 7) is 6.80. The Morgan fingerprint density at radius 2 is 1.88 bits per heavy atom. The summed E-state index contributed by atoms with van der Waals surface area (Å²) in [4.78, 5) is 29.2. The molecule has 0 atom stereocenters. The molecule has 10 heteroatoms. The number of hydrogen-bond donors (Lipinski definition) is 3. The molecule has 0 spiro atoms. The highest BCUT2D eigenvalue weighted by molar-refractivity contribution is 6.36. The van der Waals surface area contributed by atoms with E-state index in [1.165, 1.54) is 6.07 Å². The molecule has 3 N–H and O–H groups in total. The second-order valence-corrected chi connectivity index (χ2v) is 10.7. The number of aryl methyl sites for hydroxylation is 1. The Balaban J connectivity index is 1.21. The zero-order chi connectivity index (χ0) is 29.1. The smallest absolute Gasteiger partial charge is 0.255 e. The lowest BCUT2D eigenvalue weighted by Crippen LogP contribution is -2.41. The van der Waals surface area contributed by atoms with Crippen LogP contribution in [0.3, 0.4) is 0 Å². The number of morpholine rings is 1. The second kappa shape index (κ2) is 12.3. The second-order valence-electron chi connectivity index (χ2n) is 10.3. The lowest BCUT2D eigenvalue weighted by molar-refractivity contribution is 0.0383. The average Bonchev–Trinajstić information content (AvgIpc) is 3.14. The first-order valence-corrected chi connectivity index (χ1v) is 14.3. The lowest BCUT2D eigenvalue weighted by atomic mass is 9.94. The summed E-state index contributed by atoms with van der Waals surface area (Å²) < 4.78 is 5.36. The van der Waals surface area contributed by atoms with Crippen molar-refractivity contribution in [2.24, 2.45) is 4.99 Å². The first-order valence-electron chi connectivity index (χ1n) is 13.9. The Kier molecular flexibility index (Phi) is 8.14. The number of fused-ring (bicyclic) bond motifs is 3. The fourth-order valence-corrected chi connectivity index (χ4v) is 5.41. The molecule has 0 aliphatic carbocycles. The van der Waals surface area contributed by atoms with E-state index >= 15 is 0 Å². The normalized spacial score (nSPS) is 14.8. The number of nitrogens with one attached hydrogen (secondary N) is 2. The molecule has 0 saturated carbocycles. The van der Waals surface area contributed by atoms with Gasteiger partial charge in [0.05, 0.1) is 36.7 Å². The van der Waals surface area contributed by atoms with Crippen LogP contribution in [0.5, 0.6) is 5.75 Å². The van der Waals surface area contributed by atoms with Crippen molar-refractivity contribution < 1.29 is 14.6 Å². The van der Waals surface area contributed by atoms with Gasteiger partial charge in [0.1, 0.15) is 5.75 Å². The molecule has 1 fully saturated rings. The molecular formula is C32H31ClN6O3. The molecule has 0 unspecified atom stereocenters. The van der Waals surface area contributed by atoms with E-state index in [2.05, 4.69) is 38.7 Å². The van der Waals surface area contributed by atoms with E-state index in [0.29, 0.717) is 43.0 Å². The molecule has 4 aromatic rings. The molecule has 2 aliphatic rings. The molecule has 214 valence electrons. The third kappa shape index (κ3) is 5.99. The SMILES string of the molecule is Cc1ccc2c(c1)C(c1ccccc1Cl)=NCc1cnc(Nc3ccc(C(=O)NCCN4CCOCC4)c(O)c3)nc1-2. The number of anilines is 2. The zero-order valence-corrected chi connectivity index (χ0v) is 24.0. The van der Waals surface area contributed by atoms with E-state index < -0.39 is 0 Å². The monoisotopic (exact) mass is 582 g/mol. The fraction of sp³-hybridized carbons (Fsp3) is 0.250. The third-order valence-electron chi connectivity index (χ3n) is 7.40. The van der Waals surface area contributed by atoms with Gasteiger partial charge in [-0.15, -0.1) is 0 Å². The van der Waals surface area contributed by atoms with Crippen molar-refractivity contribution in [2.75, 3.05) is 44.7 Å². The summed E-state index contributed by atoms with van der Waals surface area (Å²) in [5.74, 6) is -0.0874. The molecule has 0 bridgehead atoms. The Morgan fingerprint density at radius 3 is 2.69 bits per heavy atom. The van der Waals surface area contributed by atoms with Crippen LogP contribution >= 0.6 is 11.6 Å². The number of phenolic OH excluding ortho intramolecular Hbond substituents is 1. The number of amides is 1. The number of hydrogen-bond acceptors (Lipinski definition) is 8. The number of carbonyl (C=O) groups excluding carboxylic acids is 1. The van der Waals surface area contributed by atoms with Gasteiger partial charge in [-0.05, 0) is 31.2 Å². The standard InChI is InChI=1S/C32H31ClN6O3/c1-20-6-8-23-26(16-20)30(24-4-2-3-5-27(24)33)35-18-21-19-36-32(38-29(21)23)37-22-7-9-25(28(40)17-22)31(41)34-10-11-39-12-14-42-15-13-39/h2-9,16-17,19,40H,10-15,18H2,1H3,(H,34,41)(H,36,37,38). The van der Waals surface area contributed by atoms with Gasteiger partial charge in [0.2, 0.25) is 5.95 Å². The van der Waals surface area contributed by atoms with Crippen molar-refractivity contribution >= 4 is 34.9 Å². The van der Waals surface area contributed by atoms with Gasteiger partial charge in [0, 0.05) is 71.4 Å². The highest BCUT2D eigenvalue weighted by Crippen LogP contribution is 2.34. The molecule has 1 aromatic heterocycles. The highest BCUT2D eigenvalue weighted by atomic mass is 35.5.